The predicted octanol–water partition coefficient (Wildman–Crippen LogP) is 3.28. The van der Waals surface area contributed by atoms with Crippen LogP contribution in [0.4, 0.5) is 0 Å². The summed E-state index contributed by atoms with van der Waals surface area (Å²) >= 11 is 0. The lowest BCUT2D eigenvalue weighted by Crippen LogP contribution is -2.40. The van der Waals surface area contributed by atoms with Crippen LogP contribution in [-0.4, -0.2) is 18.0 Å². The molecule has 0 bridgehead atoms. The lowest BCUT2D eigenvalue weighted by Gasteiger charge is -2.39. The molecule has 1 unspecified atom stereocenters. The van der Waals surface area contributed by atoms with Crippen LogP contribution < -0.4 is 0 Å². The molecule has 85 valence electrons. The van der Waals surface area contributed by atoms with E-state index in [9.17, 15) is 0 Å². The largest absolute Gasteiger partial charge is 0.292 e. The highest BCUT2D eigenvalue weighted by atomic mass is 15.2. The van der Waals surface area contributed by atoms with Crippen LogP contribution in [-0.2, 0) is 0 Å². The van der Waals surface area contributed by atoms with E-state index in [4.69, 9.17) is 0 Å². The molecule has 1 aliphatic heterocycles. The normalized spacial score (nSPS) is 15.8. The Hall–Kier alpha value is -1.60. The van der Waals surface area contributed by atoms with Crippen LogP contribution in [0.1, 0.15) is 23.6 Å². The first-order valence-electron chi connectivity index (χ1n) is 6.20. The van der Waals surface area contributed by atoms with Gasteiger partial charge >= 0.3 is 0 Å². The molecule has 3 rings (SSSR count). The Labute approximate surface area is 103 Å². The fraction of sp³-hybridized carbons (Fsp3) is 0.250. The van der Waals surface area contributed by atoms with E-state index in [0.717, 1.165) is 0 Å². The second-order valence-corrected chi connectivity index (χ2v) is 4.54. The standard InChI is InChI=1S/C16H16N/c1-3-8-14(9-4-1)16(17-12-7-13-17)15-10-5-2-6-11-15/h1,3-6,8-11,16H,7,12-13H2. The number of nitrogens with zero attached hydrogens (tertiary/aromatic N) is 1. The van der Waals surface area contributed by atoms with E-state index in [0.29, 0.717) is 6.04 Å². The summed E-state index contributed by atoms with van der Waals surface area (Å²) in [6, 6.07) is 22.6. The third-order valence-corrected chi connectivity index (χ3v) is 3.43. The molecule has 0 saturated carbocycles. The molecule has 0 amide bonds. The molecule has 1 saturated heterocycles. The van der Waals surface area contributed by atoms with E-state index in [1.54, 1.807) is 0 Å². The molecule has 0 spiro atoms. The van der Waals surface area contributed by atoms with Gasteiger partial charge in [-0.25, -0.2) is 0 Å². The van der Waals surface area contributed by atoms with E-state index in [-0.39, 0.29) is 0 Å². The van der Waals surface area contributed by atoms with Crippen molar-refractivity contribution in [2.24, 2.45) is 0 Å². The molecule has 1 fully saturated rings. The maximum atomic E-state index is 3.10. The van der Waals surface area contributed by atoms with Crippen LogP contribution in [0, 0.1) is 6.07 Å². The van der Waals surface area contributed by atoms with E-state index in [1.165, 1.54) is 30.6 Å². The van der Waals surface area contributed by atoms with Crippen molar-refractivity contribution in [3.8, 4) is 0 Å². The highest BCUT2D eigenvalue weighted by molar-refractivity contribution is 5.31. The molecule has 1 heteroatoms. The zero-order valence-electron chi connectivity index (χ0n) is 9.84. The van der Waals surface area contributed by atoms with Gasteiger partial charge in [-0.15, -0.1) is 0 Å². The highest BCUT2D eigenvalue weighted by Crippen LogP contribution is 2.31. The van der Waals surface area contributed by atoms with Crippen LogP contribution in [0.15, 0.2) is 54.6 Å². The number of likely N-dealkylation sites (tertiary alicyclic amines) is 1. The smallest absolute Gasteiger partial charge is 0.0601 e. The maximum Gasteiger partial charge on any atom is 0.0601 e. The first-order valence-corrected chi connectivity index (χ1v) is 6.20. The van der Waals surface area contributed by atoms with Gasteiger partial charge < -0.3 is 0 Å². The Balaban J connectivity index is 1.98. The van der Waals surface area contributed by atoms with Gasteiger partial charge in [0.1, 0.15) is 0 Å². The molecule has 1 atom stereocenters. The van der Waals surface area contributed by atoms with Crippen LogP contribution in [0.5, 0.6) is 0 Å². The van der Waals surface area contributed by atoms with E-state index in [2.05, 4.69) is 53.4 Å². The molecular weight excluding hydrogens is 206 g/mol. The third kappa shape index (κ3) is 2.11. The van der Waals surface area contributed by atoms with Gasteiger partial charge in [-0.05, 0) is 23.6 Å². The minimum absolute atomic E-state index is 0.416. The number of rotatable bonds is 3. The topological polar surface area (TPSA) is 3.24 Å². The average molecular weight is 222 g/mol. The maximum absolute atomic E-state index is 3.10. The summed E-state index contributed by atoms with van der Waals surface area (Å²) in [7, 11) is 0. The molecule has 2 aromatic carbocycles. The molecule has 0 aliphatic carbocycles. The van der Waals surface area contributed by atoms with Crippen molar-refractivity contribution in [3.63, 3.8) is 0 Å². The molecular formula is C16H16N. The summed E-state index contributed by atoms with van der Waals surface area (Å²) < 4.78 is 0. The molecule has 0 N–H and O–H groups in total. The fourth-order valence-corrected chi connectivity index (χ4v) is 2.43. The molecule has 1 aliphatic rings. The lowest BCUT2D eigenvalue weighted by molar-refractivity contribution is 0.140. The Morgan fingerprint density at radius 2 is 1.53 bits per heavy atom. The Kier molecular flexibility index (Phi) is 2.93. The molecule has 1 heterocycles. The van der Waals surface area contributed by atoms with E-state index < -0.39 is 0 Å². The van der Waals surface area contributed by atoms with Crippen molar-refractivity contribution in [2.75, 3.05) is 13.1 Å². The summed E-state index contributed by atoms with van der Waals surface area (Å²) in [6.07, 6.45) is 1.32. The summed E-state index contributed by atoms with van der Waals surface area (Å²) in [5, 5.41) is 0. The van der Waals surface area contributed by atoms with E-state index >= 15 is 0 Å². The van der Waals surface area contributed by atoms with Crippen molar-refractivity contribution < 1.29 is 0 Å². The van der Waals surface area contributed by atoms with Crippen LogP contribution in [0.25, 0.3) is 0 Å². The van der Waals surface area contributed by atoms with Crippen molar-refractivity contribution >= 4 is 0 Å². The van der Waals surface area contributed by atoms with Gasteiger partial charge in [0.05, 0.1) is 6.04 Å². The number of benzene rings is 2. The Bertz CT molecular complexity index is 420. The van der Waals surface area contributed by atoms with Crippen molar-refractivity contribution in [1.29, 1.82) is 0 Å². The average Bonchev–Trinajstić information content (AvgIpc) is 2.36. The van der Waals surface area contributed by atoms with E-state index in [1.807, 2.05) is 12.1 Å². The van der Waals surface area contributed by atoms with Gasteiger partial charge in [0.25, 0.3) is 0 Å². The first-order chi connectivity index (χ1) is 8.45. The quantitative estimate of drug-likeness (QED) is 0.770. The first kappa shape index (κ1) is 10.5. The molecule has 17 heavy (non-hydrogen) atoms. The molecule has 1 radical (unpaired) electrons. The lowest BCUT2D eigenvalue weighted by atomic mass is 9.95. The number of hydrogen-bond acceptors (Lipinski definition) is 1. The Morgan fingerprint density at radius 3 is 2.12 bits per heavy atom. The van der Waals surface area contributed by atoms with Gasteiger partial charge in [-0.1, -0.05) is 54.6 Å². The predicted molar refractivity (Wildman–Crippen MR) is 69.8 cm³/mol. The summed E-state index contributed by atoms with van der Waals surface area (Å²) in [5.41, 5.74) is 2.76. The van der Waals surface area contributed by atoms with Gasteiger partial charge in [0, 0.05) is 13.1 Å². The van der Waals surface area contributed by atoms with Crippen LogP contribution >= 0.6 is 0 Å². The summed E-state index contributed by atoms with van der Waals surface area (Å²) in [5.74, 6) is 0. The minimum Gasteiger partial charge on any atom is -0.292 e. The SMILES string of the molecule is [c]1ccc(C(c2ccccc2)N2CCC2)cc1. The second-order valence-electron chi connectivity index (χ2n) is 4.54. The van der Waals surface area contributed by atoms with Gasteiger partial charge in [0.2, 0.25) is 0 Å². The molecule has 2 aromatic rings. The van der Waals surface area contributed by atoms with Crippen molar-refractivity contribution in [2.45, 2.75) is 12.5 Å². The van der Waals surface area contributed by atoms with Crippen LogP contribution in [0.3, 0.4) is 0 Å². The van der Waals surface area contributed by atoms with Gasteiger partial charge in [-0.3, -0.25) is 4.90 Å². The minimum atomic E-state index is 0.416. The van der Waals surface area contributed by atoms with Gasteiger partial charge in [0.15, 0.2) is 0 Å². The Morgan fingerprint density at radius 1 is 0.882 bits per heavy atom. The highest BCUT2D eigenvalue weighted by Gasteiger charge is 2.26. The third-order valence-electron chi connectivity index (χ3n) is 3.43. The van der Waals surface area contributed by atoms with Crippen molar-refractivity contribution in [3.05, 3.63) is 71.8 Å². The summed E-state index contributed by atoms with van der Waals surface area (Å²) in [6.45, 7) is 2.41. The van der Waals surface area contributed by atoms with Crippen molar-refractivity contribution in [1.82, 2.24) is 4.90 Å². The molecule has 0 aromatic heterocycles. The number of hydrogen-bond donors (Lipinski definition) is 0. The zero-order valence-corrected chi connectivity index (χ0v) is 9.84. The zero-order chi connectivity index (χ0) is 11.5. The fourth-order valence-electron chi connectivity index (χ4n) is 2.43. The molecule has 1 nitrogen and oxygen atoms in total. The van der Waals surface area contributed by atoms with Gasteiger partial charge in [-0.2, -0.15) is 0 Å². The monoisotopic (exact) mass is 222 g/mol. The second kappa shape index (κ2) is 4.72. The summed E-state index contributed by atoms with van der Waals surface area (Å²) in [4.78, 5) is 2.53. The van der Waals surface area contributed by atoms with Crippen LogP contribution in [0.2, 0.25) is 0 Å².